The second kappa shape index (κ2) is 9.59. The zero-order valence-corrected chi connectivity index (χ0v) is 18.0. The van der Waals surface area contributed by atoms with E-state index in [0.717, 1.165) is 0 Å². The normalized spacial score (nSPS) is 17.3. The number of nitrogens with zero attached hydrogens (tertiary/aromatic N) is 1. The molecule has 1 heterocycles. The van der Waals surface area contributed by atoms with Crippen LogP contribution in [-0.4, -0.2) is 51.3 Å². The van der Waals surface area contributed by atoms with E-state index in [1.165, 1.54) is 35.7 Å². The molecule has 30 heavy (non-hydrogen) atoms. The maximum atomic E-state index is 12.8. The fraction of sp³-hybridized carbons (Fsp3) is 0.333. The summed E-state index contributed by atoms with van der Waals surface area (Å²) in [6.07, 6.45) is 1.03. The third-order valence-corrected chi connectivity index (χ3v) is 7.06. The largest absolute Gasteiger partial charge is 0.497 e. The molecule has 1 aliphatic rings. The summed E-state index contributed by atoms with van der Waals surface area (Å²) >= 11 is 5.83. The number of piperidine rings is 1. The van der Waals surface area contributed by atoms with Gasteiger partial charge >= 0.3 is 5.97 Å². The van der Waals surface area contributed by atoms with E-state index in [9.17, 15) is 18.0 Å². The van der Waals surface area contributed by atoms with Crippen molar-refractivity contribution in [3.8, 4) is 5.75 Å². The lowest BCUT2D eigenvalue weighted by Gasteiger charge is -2.30. The molecule has 2 aromatic carbocycles. The SMILES string of the molecule is COc1ccc(C(=O)COC(=O)C2CCCN(S(=O)(=O)c3ccc(Cl)cc3)C2)cc1. The minimum absolute atomic E-state index is 0.0144. The van der Waals surface area contributed by atoms with Crippen molar-refractivity contribution in [3.05, 3.63) is 59.1 Å². The van der Waals surface area contributed by atoms with E-state index >= 15 is 0 Å². The number of halogens is 1. The van der Waals surface area contributed by atoms with Crippen molar-refractivity contribution < 1.29 is 27.5 Å². The van der Waals surface area contributed by atoms with Gasteiger partial charge in [-0.25, -0.2) is 8.42 Å². The van der Waals surface area contributed by atoms with Crippen LogP contribution in [-0.2, 0) is 19.6 Å². The van der Waals surface area contributed by atoms with Crippen molar-refractivity contribution in [1.29, 1.82) is 0 Å². The van der Waals surface area contributed by atoms with Crippen molar-refractivity contribution in [3.63, 3.8) is 0 Å². The van der Waals surface area contributed by atoms with Crippen molar-refractivity contribution in [2.24, 2.45) is 5.92 Å². The topological polar surface area (TPSA) is 90.0 Å². The number of rotatable bonds is 7. The first-order chi connectivity index (χ1) is 14.3. The van der Waals surface area contributed by atoms with Gasteiger partial charge in [0, 0.05) is 23.7 Å². The Labute approximate surface area is 180 Å². The second-order valence-corrected chi connectivity index (χ2v) is 9.29. The first-order valence-corrected chi connectivity index (χ1v) is 11.2. The molecule has 7 nitrogen and oxygen atoms in total. The van der Waals surface area contributed by atoms with E-state index in [4.69, 9.17) is 21.1 Å². The maximum absolute atomic E-state index is 12.8. The fourth-order valence-corrected chi connectivity index (χ4v) is 4.87. The first kappa shape index (κ1) is 22.3. The Bertz CT molecular complexity index is 1000. The summed E-state index contributed by atoms with van der Waals surface area (Å²) in [5.41, 5.74) is 0.402. The summed E-state index contributed by atoms with van der Waals surface area (Å²) in [6.45, 7) is -0.0639. The zero-order chi connectivity index (χ0) is 21.7. The number of Topliss-reactive ketones (excluding diaryl/α,β-unsaturated/α-hetero) is 1. The molecule has 0 radical (unpaired) electrons. The van der Waals surface area contributed by atoms with E-state index in [1.807, 2.05) is 0 Å². The van der Waals surface area contributed by atoms with Crippen LogP contribution < -0.4 is 4.74 Å². The van der Waals surface area contributed by atoms with Crippen molar-refractivity contribution >= 4 is 33.4 Å². The van der Waals surface area contributed by atoms with E-state index in [2.05, 4.69) is 0 Å². The van der Waals surface area contributed by atoms with Crippen LogP contribution in [0.15, 0.2) is 53.4 Å². The molecule has 1 saturated heterocycles. The van der Waals surface area contributed by atoms with E-state index in [-0.39, 0.29) is 17.2 Å². The van der Waals surface area contributed by atoms with Gasteiger partial charge in [-0.05, 0) is 61.4 Å². The molecule has 0 aliphatic carbocycles. The van der Waals surface area contributed by atoms with Gasteiger partial charge in [-0.1, -0.05) is 11.6 Å². The molecule has 0 saturated carbocycles. The van der Waals surface area contributed by atoms with Gasteiger partial charge < -0.3 is 9.47 Å². The summed E-state index contributed by atoms with van der Waals surface area (Å²) in [7, 11) is -2.21. The van der Waals surface area contributed by atoms with E-state index in [1.54, 1.807) is 24.3 Å². The number of sulfonamides is 1. The zero-order valence-electron chi connectivity index (χ0n) is 16.4. The summed E-state index contributed by atoms with van der Waals surface area (Å²) in [5, 5.41) is 0.440. The molecule has 0 spiro atoms. The van der Waals surface area contributed by atoms with E-state index in [0.29, 0.717) is 35.7 Å². The summed E-state index contributed by atoms with van der Waals surface area (Å²) in [5.74, 6) is -0.919. The third kappa shape index (κ3) is 5.19. The lowest BCUT2D eigenvalue weighted by Crippen LogP contribution is -2.42. The minimum atomic E-state index is -3.74. The molecule has 0 amide bonds. The molecule has 1 unspecified atom stereocenters. The Morgan fingerprint density at radius 2 is 1.77 bits per heavy atom. The highest BCUT2D eigenvalue weighted by Crippen LogP contribution is 2.25. The van der Waals surface area contributed by atoms with Gasteiger partial charge in [-0.2, -0.15) is 4.31 Å². The predicted octanol–water partition coefficient (Wildman–Crippen LogP) is 3.18. The molecule has 1 fully saturated rings. The molecular formula is C21H22ClNO6S. The van der Waals surface area contributed by atoms with Crippen LogP contribution in [0, 0.1) is 5.92 Å². The number of hydrogen-bond donors (Lipinski definition) is 0. The average Bonchev–Trinajstić information content (AvgIpc) is 2.77. The molecule has 0 aromatic heterocycles. The Kier molecular flexibility index (Phi) is 7.12. The Morgan fingerprint density at radius 3 is 2.40 bits per heavy atom. The number of carbonyl (C=O) groups is 2. The highest BCUT2D eigenvalue weighted by Gasteiger charge is 2.34. The summed E-state index contributed by atoms with van der Waals surface area (Å²) in [6, 6.07) is 12.4. The van der Waals surface area contributed by atoms with Crippen LogP contribution in [0.25, 0.3) is 0 Å². The van der Waals surface area contributed by atoms with Crippen LogP contribution in [0.5, 0.6) is 5.75 Å². The summed E-state index contributed by atoms with van der Waals surface area (Å²) in [4.78, 5) is 24.8. The lowest BCUT2D eigenvalue weighted by atomic mass is 10.00. The second-order valence-electron chi connectivity index (χ2n) is 6.92. The van der Waals surface area contributed by atoms with Gasteiger partial charge in [0.15, 0.2) is 12.4 Å². The van der Waals surface area contributed by atoms with Crippen molar-refractivity contribution in [2.75, 3.05) is 26.8 Å². The van der Waals surface area contributed by atoms with Crippen molar-refractivity contribution in [1.82, 2.24) is 4.31 Å². The number of methoxy groups -OCH3 is 1. The number of hydrogen-bond acceptors (Lipinski definition) is 6. The quantitative estimate of drug-likeness (QED) is 0.474. The van der Waals surface area contributed by atoms with Gasteiger partial charge in [0.05, 0.1) is 17.9 Å². The molecular weight excluding hydrogens is 430 g/mol. The minimum Gasteiger partial charge on any atom is -0.497 e. The maximum Gasteiger partial charge on any atom is 0.310 e. The van der Waals surface area contributed by atoms with Crippen LogP contribution in [0.2, 0.25) is 5.02 Å². The van der Waals surface area contributed by atoms with Gasteiger partial charge in [0.2, 0.25) is 10.0 Å². The van der Waals surface area contributed by atoms with Crippen molar-refractivity contribution in [2.45, 2.75) is 17.7 Å². The number of ether oxygens (including phenoxy) is 2. The number of benzene rings is 2. The fourth-order valence-electron chi connectivity index (χ4n) is 3.22. The molecule has 3 rings (SSSR count). The first-order valence-electron chi connectivity index (χ1n) is 9.41. The monoisotopic (exact) mass is 451 g/mol. The Morgan fingerprint density at radius 1 is 1.10 bits per heavy atom. The van der Waals surface area contributed by atoms with Gasteiger partial charge in [-0.3, -0.25) is 9.59 Å². The molecule has 1 atom stereocenters. The average molecular weight is 452 g/mol. The van der Waals surface area contributed by atoms with Crippen LogP contribution in [0.3, 0.4) is 0 Å². The van der Waals surface area contributed by atoms with Gasteiger partial charge in [0.25, 0.3) is 0 Å². The number of carbonyl (C=O) groups excluding carboxylic acids is 2. The lowest BCUT2D eigenvalue weighted by molar-refractivity contribution is -0.148. The molecule has 0 N–H and O–H groups in total. The predicted molar refractivity (Wildman–Crippen MR) is 111 cm³/mol. The Hall–Kier alpha value is -2.42. The molecule has 2 aromatic rings. The van der Waals surface area contributed by atoms with Gasteiger partial charge in [0.1, 0.15) is 5.75 Å². The molecule has 9 heteroatoms. The molecule has 0 bridgehead atoms. The van der Waals surface area contributed by atoms with Gasteiger partial charge in [-0.15, -0.1) is 0 Å². The van der Waals surface area contributed by atoms with Crippen LogP contribution in [0.1, 0.15) is 23.2 Å². The number of ketones is 1. The molecule has 1 aliphatic heterocycles. The smallest absolute Gasteiger partial charge is 0.310 e. The summed E-state index contributed by atoms with van der Waals surface area (Å²) < 4.78 is 37.2. The van der Waals surface area contributed by atoms with Crippen LogP contribution in [0.4, 0.5) is 0 Å². The highest BCUT2D eigenvalue weighted by atomic mass is 35.5. The third-order valence-electron chi connectivity index (χ3n) is 4.93. The van der Waals surface area contributed by atoms with E-state index < -0.39 is 28.5 Å². The standard InChI is InChI=1S/C21H22ClNO6S/c1-28-18-8-4-15(5-9-18)20(24)14-29-21(25)16-3-2-12-23(13-16)30(26,27)19-10-6-17(22)7-11-19/h4-11,16H,2-3,12-14H2,1H3. The number of esters is 1. The molecule has 160 valence electrons. The van der Waals surface area contributed by atoms with Crippen LogP contribution >= 0.6 is 11.6 Å². The highest BCUT2D eigenvalue weighted by molar-refractivity contribution is 7.89. The Balaban J connectivity index is 1.59.